The molecule has 1 aliphatic rings. The van der Waals surface area contributed by atoms with Crippen LogP contribution in [0.3, 0.4) is 0 Å². The summed E-state index contributed by atoms with van der Waals surface area (Å²) in [6.45, 7) is 8.59. The summed E-state index contributed by atoms with van der Waals surface area (Å²) < 4.78 is 0. The van der Waals surface area contributed by atoms with Gasteiger partial charge in [0.2, 0.25) is 0 Å². The molecule has 0 amide bonds. The van der Waals surface area contributed by atoms with Crippen molar-refractivity contribution in [1.29, 1.82) is 0 Å². The maximum absolute atomic E-state index is 12.0. The molecule has 115 valence electrons. The molecule has 0 N–H and O–H groups in total. The van der Waals surface area contributed by atoms with Gasteiger partial charge < -0.3 is 0 Å². The minimum atomic E-state index is -0.430. The van der Waals surface area contributed by atoms with Gasteiger partial charge in [-0.3, -0.25) is 4.89 Å². The largest absolute Gasteiger partial charge is 0.373 e. The van der Waals surface area contributed by atoms with Crippen LogP contribution in [0.5, 0.6) is 0 Å². The second-order valence-electron chi connectivity index (χ2n) is 6.95. The molecule has 1 aliphatic carbocycles. The Hall–Kier alpha value is -1.35. The van der Waals surface area contributed by atoms with Gasteiger partial charge in [-0.25, -0.2) is 4.79 Å². The molecule has 3 nitrogen and oxygen atoms in total. The zero-order chi connectivity index (χ0) is 15.5. The molecule has 1 unspecified atom stereocenters. The molecule has 1 saturated carbocycles. The zero-order valence-electron chi connectivity index (χ0n) is 13.4. The molecule has 2 rings (SSSR count). The molecule has 0 aromatic heterocycles. The van der Waals surface area contributed by atoms with Crippen LogP contribution >= 0.6 is 0 Å². The molecule has 0 spiro atoms. The lowest BCUT2D eigenvalue weighted by Crippen LogP contribution is -2.31. The van der Waals surface area contributed by atoms with Gasteiger partial charge in [-0.1, -0.05) is 51.3 Å². The summed E-state index contributed by atoms with van der Waals surface area (Å²) in [6, 6.07) is 7.30. The molecule has 0 heterocycles. The van der Waals surface area contributed by atoms with E-state index in [-0.39, 0.29) is 5.41 Å². The fraction of sp³-hybridized carbons (Fsp3) is 0.556. The first-order valence-electron chi connectivity index (χ1n) is 7.69. The quantitative estimate of drug-likeness (QED) is 0.589. The van der Waals surface area contributed by atoms with E-state index >= 15 is 0 Å². The highest BCUT2D eigenvalue weighted by molar-refractivity contribution is 5.88. The van der Waals surface area contributed by atoms with Crippen molar-refractivity contribution in [2.24, 2.45) is 11.3 Å². The van der Waals surface area contributed by atoms with Crippen LogP contribution in [0.15, 0.2) is 24.3 Å². The summed E-state index contributed by atoms with van der Waals surface area (Å²) in [5.74, 6) is -0.0854. The van der Waals surface area contributed by atoms with Crippen LogP contribution in [0.1, 0.15) is 62.4 Å². The summed E-state index contributed by atoms with van der Waals surface area (Å²) in [5, 5.41) is 0. The maximum Gasteiger partial charge on any atom is 0.373 e. The molecular weight excluding hydrogens is 264 g/mol. The predicted octanol–water partition coefficient (Wildman–Crippen LogP) is 4.85. The Bertz CT molecular complexity index is 470. The lowest BCUT2D eigenvalue weighted by Gasteiger charge is -2.37. The van der Waals surface area contributed by atoms with Crippen molar-refractivity contribution in [1.82, 2.24) is 0 Å². The average Bonchev–Trinajstić information content (AvgIpc) is 2.45. The third-order valence-corrected chi connectivity index (χ3v) is 4.11. The molecule has 0 saturated heterocycles. The van der Waals surface area contributed by atoms with E-state index in [1.807, 2.05) is 19.1 Å². The van der Waals surface area contributed by atoms with Crippen LogP contribution in [-0.2, 0) is 9.78 Å². The SMILES string of the molecule is Cc1ccc(C(=O)OO[C]2CCCCC2C(C)(C)C)cc1. The molecule has 21 heavy (non-hydrogen) atoms. The van der Waals surface area contributed by atoms with E-state index < -0.39 is 5.97 Å². The monoisotopic (exact) mass is 289 g/mol. The number of hydrogen-bond acceptors (Lipinski definition) is 3. The fourth-order valence-electron chi connectivity index (χ4n) is 2.83. The van der Waals surface area contributed by atoms with Crippen LogP contribution in [0.2, 0.25) is 0 Å². The Morgan fingerprint density at radius 2 is 1.81 bits per heavy atom. The van der Waals surface area contributed by atoms with Gasteiger partial charge in [-0.2, -0.15) is 4.89 Å². The molecule has 1 aromatic rings. The number of rotatable bonds is 3. The standard InChI is InChI=1S/C18H25O3/c1-13-9-11-14(12-10-13)17(19)21-20-16-8-6-5-7-15(16)18(2,3)4/h9-12,15H,5-8H2,1-4H3. The van der Waals surface area contributed by atoms with Gasteiger partial charge in [-0.15, -0.1) is 0 Å². The summed E-state index contributed by atoms with van der Waals surface area (Å²) in [4.78, 5) is 22.5. The summed E-state index contributed by atoms with van der Waals surface area (Å²) >= 11 is 0. The van der Waals surface area contributed by atoms with Crippen LogP contribution in [0.25, 0.3) is 0 Å². The zero-order valence-corrected chi connectivity index (χ0v) is 13.4. The lowest BCUT2D eigenvalue weighted by molar-refractivity contribution is -0.252. The normalized spacial score (nSPS) is 20.3. The maximum atomic E-state index is 12.0. The third-order valence-electron chi connectivity index (χ3n) is 4.11. The van der Waals surface area contributed by atoms with Gasteiger partial charge in [0.05, 0.1) is 5.56 Å². The van der Waals surface area contributed by atoms with E-state index in [0.717, 1.165) is 30.9 Å². The first-order chi connectivity index (χ1) is 9.88. The highest BCUT2D eigenvalue weighted by atomic mass is 17.2. The summed E-state index contributed by atoms with van der Waals surface area (Å²) in [5.41, 5.74) is 1.76. The summed E-state index contributed by atoms with van der Waals surface area (Å²) in [7, 11) is 0. The van der Waals surface area contributed by atoms with E-state index in [1.54, 1.807) is 12.1 Å². The lowest BCUT2D eigenvalue weighted by atomic mass is 9.71. The highest BCUT2D eigenvalue weighted by Crippen LogP contribution is 2.43. The first kappa shape index (κ1) is 16.0. The van der Waals surface area contributed by atoms with Crippen LogP contribution in [0.4, 0.5) is 0 Å². The molecule has 1 radical (unpaired) electrons. The Balaban J connectivity index is 1.94. The Morgan fingerprint density at radius 1 is 1.14 bits per heavy atom. The number of hydrogen-bond donors (Lipinski definition) is 0. The molecule has 0 bridgehead atoms. The number of benzene rings is 1. The van der Waals surface area contributed by atoms with Gasteiger partial charge in [-0.05, 0) is 37.3 Å². The first-order valence-corrected chi connectivity index (χ1v) is 7.69. The van der Waals surface area contributed by atoms with Crippen molar-refractivity contribution < 1.29 is 14.6 Å². The third kappa shape index (κ3) is 4.31. The van der Waals surface area contributed by atoms with E-state index in [0.29, 0.717) is 11.5 Å². The van der Waals surface area contributed by atoms with Gasteiger partial charge in [0, 0.05) is 5.92 Å². The highest BCUT2D eigenvalue weighted by Gasteiger charge is 2.37. The predicted molar refractivity (Wildman–Crippen MR) is 82.3 cm³/mol. The van der Waals surface area contributed by atoms with Crippen molar-refractivity contribution in [3.05, 3.63) is 41.5 Å². The van der Waals surface area contributed by atoms with Gasteiger partial charge >= 0.3 is 5.97 Å². The van der Waals surface area contributed by atoms with Crippen LogP contribution in [-0.4, -0.2) is 5.97 Å². The molecule has 0 aliphatic heterocycles. The van der Waals surface area contributed by atoms with Crippen LogP contribution < -0.4 is 0 Å². The second kappa shape index (κ2) is 6.61. The van der Waals surface area contributed by atoms with E-state index in [9.17, 15) is 4.79 Å². The number of aryl methyl sites for hydroxylation is 1. The van der Waals surface area contributed by atoms with E-state index in [2.05, 4.69) is 20.8 Å². The topological polar surface area (TPSA) is 35.5 Å². The van der Waals surface area contributed by atoms with E-state index in [1.165, 1.54) is 6.42 Å². The van der Waals surface area contributed by atoms with Crippen molar-refractivity contribution in [3.63, 3.8) is 0 Å². The molecule has 1 aromatic carbocycles. The second-order valence-corrected chi connectivity index (χ2v) is 6.95. The molecule has 1 atom stereocenters. The van der Waals surface area contributed by atoms with Crippen molar-refractivity contribution in [2.75, 3.05) is 0 Å². The molecular formula is C18H25O3. The molecule has 3 heteroatoms. The van der Waals surface area contributed by atoms with Gasteiger partial charge in [0.15, 0.2) is 6.10 Å². The minimum absolute atomic E-state index is 0.131. The average molecular weight is 289 g/mol. The Morgan fingerprint density at radius 3 is 2.43 bits per heavy atom. The minimum Gasteiger partial charge on any atom is -0.292 e. The Labute approximate surface area is 127 Å². The van der Waals surface area contributed by atoms with E-state index in [4.69, 9.17) is 9.78 Å². The fourth-order valence-corrected chi connectivity index (χ4v) is 2.83. The van der Waals surface area contributed by atoms with Crippen molar-refractivity contribution in [2.45, 2.75) is 53.4 Å². The number of carbonyl (C=O) groups excluding carboxylic acids is 1. The smallest absolute Gasteiger partial charge is 0.292 e. The summed E-state index contributed by atoms with van der Waals surface area (Å²) in [6.07, 6.45) is 5.20. The van der Waals surface area contributed by atoms with Gasteiger partial charge in [0.1, 0.15) is 0 Å². The Kier molecular flexibility index (Phi) is 5.04. The molecule has 1 fully saturated rings. The number of carbonyl (C=O) groups is 1. The van der Waals surface area contributed by atoms with Crippen molar-refractivity contribution in [3.8, 4) is 0 Å². The van der Waals surface area contributed by atoms with Crippen LogP contribution in [0, 0.1) is 24.4 Å². The van der Waals surface area contributed by atoms with Gasteiger partial charge in [0.25, 0.3) is 0 Å². The van der Waals surface area contributed by atoms with Crippen molar-refractivity contribution >= 4 is 5.97 Å².